The monoisotopic (exact) mass is 270 g/mol. The van der Waals surface area contributed by atoms with Gasteiger partial charge in [0.15, 0.2) is 0 Å². The molecule has 0 aliphatic rings. The summed E-state index contributed by atoms with van der Waals surface area (Å²) in [6.07, 6.45) is 0.866. The summed E-state index contributed by atoms with van der Waals surface area (Å²) in [5.74, 6) is 0. The first-order valence-electron chi connectivity index (χ1n) is 6.31. The highest BCUT2D eigenvalue weighted by Crippen LogP contribution is 2.18. The molecule has 6 heteroatoms. The highest BCUT2D eigenvalue weighted by Gasteiger charge is 2.09. The van der Waals surface area contributed by atoms with Crippen molar-refractivity contribution in [1.29, 1.82) is 0 Å². The lowest BCUT2D eigenvalue weighted by Crippen LogP contribution is -2.20. The molecule has 2 heterocycles. The van der Waals surface area contributed by atoms with Crippen LogP contribution in [0.25, 0.3) is 22.3 Å². The minimum Gasteiger partial charge on any atom is -0.394 e. The molecule has 0 saturated heterocycles. The van der Waals surface area contributed by atoms with Crippen molar-refractivity contribution in [3.05, 3.63) is 42.6 Å². The molecule has 0 radical (unpaired) electrons. The Kier molecular flexibility index (Phi) is 3.41. The average Bonchev–Trinajstić information content (AvgIpc) is 2.95. The van der Waals surface area contributed by atoms with E-state index in [4.69, 9.17) is 5.11 Å². The summed E-state index contributed by atoms with van der Waals surface area (Å²) in [7, 11) is 0. The summed E-state index contributed by atoms with van der Waals surface area (Å²) in [5, 5.41) is 27.2. The normalized spacial score (nSPS) is 12.7. The van der Waals surface area contributed by atoms with E-state index in [-0.39, 0.29) is 13.2 Å². The van der Waals surface area contributed by atoms with Crippen molar-refractivity contribution in [2.24, 2.45) is 0 Å². The predicted octanol–water partition coefficient (Wildman–Crippen LogP) is 0.846. The summed E-state index contributed by atoms with van der Waals surface area (Å²) in [5.41, 5.74) is 2.27. The molecule has 3 aromatic rings. The predicted molar refractivity (Wildman–Crippen MR) is 73.9 cm³/mol. The molecule has 0 amide bonds. The number of nitrogens with zero attached hydrogens (tertiary/aromatic N) is 4. The molecule has 20 heavy (non-hydrogen) atoms. The van der Waals surface area contributed by atoms with Crippen LogP contribution < -0.4 is 0 Å². The number of rotatable bonds is 4. The van der Waals surface area contributed by atoms with E-state index >= 15 is 0 Å². The molecular weight excluding hydrogens is 256 g/mol. The Balaban J connectivity index is 1.91. The number of para-hydroxylation sites is 1. The van der Waals surface area contributed by atoms with E-state index in [9.17, 15) is 5.11 Å². The van der Waals surface area contributed by atoms with Gasteiger partial charge in [0.05, 0.1) is 36.7 Å². The second kappa shape index (κ2) is 5.36. The van der Waals surface area contributed by atoms with Crippen molar-refractivity contribution in [3.63, 3.8) is 0 Å². The zero-order valence-corrected chi connectivity index (χ0v) is 10.7. The molecule has 0 unspecified atom stereocenters. The second-order valence-electron chi connectivity index (χ2n) is 4.55. The second-order valence-corrected chi connectivity index (χ2v) is 4.55. The van der Waals surface area contributed by atoms with Gasteiger partial charge in [-0.15, -0.1) is 5.10 Å². The maximum absolute atomic E-state index is 9.38. The Morgan fingerprint density at radius 1 is 1.10 bits per heavy atom. The van der Waals surface area contributed by atoms with Gasteiger partial charge in [-0.3, -0.25) is 0 Å². The third-order valence-electron chi connectivity index (χ3n) is 3.01. The van der Waals surface area contributed by atoms with Crippen LogP contribution in [0, 0.1) is 0 Å². The van der Waals surface area contributed by atoms with Crippen LogP contribution in [0.4, 0.5) is 0 Å². The Morgan fingerprint density at radius 3 is 2.80 bits per heavy atom. The van der Waals surface area contributed by atoms with E-state index < -0.39 is 6.10 Å². The summed E-state index contributed by atoms with van der Waals surface area (Å²) in [6.45, 7) is -0.0967. The fourth-order valence-corrected chi connectivity index (χ4v) is 1.99. The number of hydrogen-bond acceptors (Lipinski definition) is 5. The van der Waals surface area contributed by atoms with E-state index in [1.54, 1.807) is 6.20 Å². The zero-order valence-electron chi connectivity index (χ0n) is 10.7. The van der Waals surface area contributed by atoms with Crippen LogP contribution in [-0.4, -0.2) is 42.9 Å². The molecule has 1 atom stereocenters. The lowest BCUT2D eigenvalue weighted by molar-refractivity contribution is 0.0778. The first-order valence-corrected chi connectivity index (χ1v) is 6.31. The van der Waals surface area contributed by atoms with Crippen LogP contribution in [-0.2, 0) is 6.54 Å². The maximum atomic E-state index is 9.38. The summed E-state index contributed by atoms with van der Waals surface area (Å²) < 4.78 is 1.49. The molecule has 2 aromatic heterocycles. The van der Waals surface area contributed by atoms with Crippen molar-refractivity contribution in [2.75, 3.05) is 6.61 Å². The fraction of sp³-hybridized carbons (Fsp3) is 0.214. The number of aliphatic hydroxyl groups is 2. The van der Waals surface area contributed by atoms with Crippen LogP contribution >= 0.6 is 0 Å². The Labute approximate surface area is 115 Å². The van der Waals surface area contributed by atoms with Gasteiger partial charge in [-0.1, -0.05) is 29.5 Å². The van der Waals surface area contributed by atoms with Crippen molar-refractivity contribution >= 4 is 10.9 Å². The fourth-order valence-electron chi connectivity index (χ4n) is 1.99. The number of aliphatic hydroxyl groups excluding tert-OH is 2. The van der Waals surface area contributed by atoms with Gasteiger partial charge < -0.3 is 10.2 Å². The Bertz CT molecular complexity index is 726. The van der Waals surface area contributed by atoms with Crippen LogP contribution in [0.2, 0.25) is 0 Å². The molecule has 0 bridgehead atoms. The van der Waals surface area contributed by atoms with Gasteiger partial charge in [0.2, 0.25) is 0 Å². The van der Waals surface area contributed by atoms with Crippen LogP contribution in [0.5, 0.6) is 0 Å². The minimum absolute atomic E-state index is 0.205. The Morgan fingerprint density at radius 2 is 1.95 bits per heavy atom. The van der Waals surface area contributed by atoms with E-state index in [2.05, 4.69) is 15.3 Å². The maximum Gasteiger partial charge on any atom is 0.131 e. The van der Waals surface area contributed by atoms with E-state index in [1.165, 1.54) is 4.68 Å². The minimum atomic E-state index is -0.839. The number of pyridine rings is 1. The van der Waals surface area contributed by atoms with Crippen molar-refractivity contribution in [2.45, 2.75) is 12.6 Å². The molecule has 0 fully saturated rings. The van der Waals surface area contributed by atoms with Crippen LogP contribution in [0.1, 0.15) is 0 Å². The topological polar surface area (TPSA) is 84.1 Å². The van der Waals surface area contributed by atoms with Crippen molar-refractivity contribution < 1.29 is 10.2 Å². The number of fused-ring (bicyclic) bond motifs is 1. The smallest absolute Gasteiger partial charge is 0.131 e. The van der Waals surface area contributed by atoms with E-state index in [1.807, 2.05) is 36.4 Å². The van der Waals surface area contributed by atoms with Gasteiger partial charge in [0.25, 0.3) is 0 Å². The molecule has 6 nitrogen and oxygen atoms in total. The number of aromatic nitrogens is 4. The lowest BCUT2D eigenvalue weighted by atomic mass is 10.2. The van der Waals surface area contributed by atoms with E-state index in [0.29, 0.717) is 5.69 Å². The number of benzene rings is 1. The quantitative estimate of drug-likeness (QED) is 0.734. The largest absolute Gasteiger partial charge is 0.394 e. The van der Waals surface area contributed by atoms with Crippen molar-refractivity contribution in [3.8, 4) is 11.4 Å². The zero-order chi connectivity index (χ0) is 13.9. The summed E-state index contributed by atoms with van der Waals surface area (Å²) in [6, 6.07) is 11.7. The third-order valence-corrected chi connectivity index (χ3v) is 3.01. The van der Waals surface area contributed by atoms with E-state index in [0.717, 1.165) is 16.6 Å². The first kappa shape index (κ1) is 12.7. The highest BCUT2D eigenvalue weighted by molar-refractivity contribution is 5.80. The molecule has 0 aliphatic carbocycles. The SMILES string of the molecule is OC[C@@H](O)Cn1cc(-c2ccc3ccccc3n2)nn1. The number of hydrogen-bond donors (Lipinski definition) is 2. The Hall–Kier alpha value is -2.31. The summed E-state index contributed by atoms with van der Waals surface area (Å²) in [4.78, 5) is 4.53. The highest BCUT2D eigenvalue weighted by atomic mass is 16.3. The molecule has 1 aromatic carbocycles. The van der Waals surface area contributed by atoms with Gasteiger partial charge in [0.1, 0.15) is 5.69 Å². The van der Waals surface area contributed by atoms with Crippen LogP contribution in [0.15, 0.2) is 42.6 Å². The molecule has 102 valence electrons. The first-order chi connectivity index (χ1) is 9.76. The van der Waals surface area contributed by atoms with Crippen molar-refractivity contribution in [1.82, 2.24) is 20.0 Å². The van der Waals surface area contributed by atoms with Gasteiger partial charge in [-0.05, 0) is 12.1 Å². The molecule has 2 N–H and O–H groups in total. The molecular formula is C14H14N4O2. The third kappa shape index (κ3) is 2.52. The average molecular weight is 270 g/mol. The molecule has 0 saturated carbocycles. The van der Waals surface area contributed by atoms with Gasteiger partial charge in [-0.2, -0.15) is 0 Å². The molecule has 0 spiro atoms. The summed E-state index contributed by atoms with van der Waals surface area (Å²) >= 11 is 0. The van der Waals surface area contributed by atoms with Gasteiger partial charge in [0, 0.05) is 5.39 Å². The lowest BCUT2D eigenvalue weighted by Gasteiger charge is -2.04. The van der Waals surface area contributed by atoms with Gasteiger partial charge >= 0.3 is 0 Å². The molecule has 3 rings (SSSR count). The van der Waals surface area contributed by atoms with Gasteiger partial charge in [-0.25, -0.2) is 9.67 Å². The standard InChI is InChI=1S/C14H14N4O2/c19-9-11(20)7-18-8-14(16-17-18)13-6-5-10-3-1-2-4-12(10)15-13/h1-6,8,11,19-20H,7,9H2/t11-/m0/s1. The molecule has 0 aliphatic heterocycles. The van der Waals surface area contributed by atoms with Crippen LogP contribution in [0.3, 0.4) is 0 Å².